The lowest BCUT2D eigenvalue weighted by atomic mass is 9.83. The molecule has 0 aliphatic rings. The third-order valence-corrected chi connectivity index (χ3v) is 3.84. The third kappa shape index (κ3) is 2.88. The van der Waals surface area contributed by atoms with Crippen LogP contribution in [-0.4, -0.2) is 9.97 Å². The van der Waals surface area contributed by atoms with E-state index in [0.717, 1.165) is 23.2 Å². The van der Waals surface area contributed by atoms with E-state index in [1.165, 1.54) is 12.1 Å². The van der Waals surface area contributed by atoms with Crippen molar-refractivity contribution in [3.05, 3.63) is 52.7 Å². The molecule has 5 heteroatoms. The third-order valence-electron chi connectivity index (χ3n) is 3.84. The maximum Gasteiger partial charge on any atom is 0.146 e. The number of aromatic nitrogens is 2. The number of halogens is 1. The average molecular weight is 288 g/mol. The van der Waals surface area contributed by atoms with Crippen molar-refractivity contribution in [2.45, 2.75) is 39.5 Å². The molecule has 0 saturated heterocycles. The van der Waals surface area contributed by atoms with Crippen molar-refractivity contribution < 1.29 is 4.39 Å². The Bertz CT molecular complexity index is 610. The van der Waals surface area contributed by atoms with E-state index in [2.05, 4.69) is 15.4 Å². The number of hydrazine groups is 1. The predicted molar refractivity (Wildman–Crippen MR) is 82.5 cm³/mol. The Balaban J connectivity index is 2.56. The second kappa shape index (κ2) is 5.77. The monoisotopic (exact) mass is 288 g/mol. The molecule has 1 aromatic heterocycles. The summed E-state index contributed by atoms with van der Waals surface area (Å²) < 4.78 is 13.1. The molecule has 0 spiro atoms. The predicted octanol–water partition coefficient (Wildman–Crippen LogP) is 3.10. The van der Waals surface area contributed by atoms with Gasteiger partial charge in [-0.25, -0.2) is 20.2 Å². The van der Waals surface area contributed by atoms with Crippen LogP contribution in [0.2, 0.25) is 0 Å². The molecule has 0 saturated carbocycles. The van der Waals surface area contributed by atoms with Gasteiger partial charge in [-0.2, -0.15) is 0 Å². The van der Waals surface area contributed by atoms with Gasteiger partial charge in [0.2, 0.25) is 0 Å². The van der Waals surface area contributed by atoms with Crippen LogP contribution in [0, 0.1) is 12.7 Å². The number of nitrogens with zero attached hydrogens (tertiary/aromatic N) is 2. The van der Waals surface area contributed by atoms with Gasteiger partial charge in [-0.1, -0.05) is 19.1 Å². The first-order valence-corrected chi connectivity index (χ1v) is 7.00. The minimum absolute atomic E-state index is 0.252. The topological polar surface area (TPSA) is 63.8 Å². The van der Waals surface area contributed by atoms with Crippen molar-refractivity contribution in [1.29, 1.82) is 0 Å². The molecular formula is C16H21FN4. The van der Waals surface area contributed by atoms with Crippen LogP contribution in [-0.2, 0) is 11.8 Å². The van der Waals surface area contributed by atoms with Gasteiger partial charge in [0.15, 0.2) is 0 Å². The van der Waals surface area contributed by atoms with E-state index in [1.807, 2.05) is 27.7 Å². The molecule has 0 bridgehead atoms. The Labute approximate surface area is 124 Å². The summed E-state index contributed by atoms with van der Waals surface area (Å²) in [7, 11) is 0. The van der Waals surface area contributed by atoms with Crippen molar-refractivity contribution in [2.24, 2.45) is 5.84 Å². The molecule has 0 aliphatic carbocycles. The molecule has 2 rings (SSSR count). The maximum atomic E-state index is 13.1. The molecule has 0 unspecified atom stereocenters. The van der Waals surface area contributed by atoms with Crippen molar-refractivity contribution in [3.8, 4) is 0 Å². The van der Waals surface area contributed by atoms with Gasteiger partial charge < -0.3 is 5.43 Å². The highest BCUT2D eigenvalue weighted by atomic mass is 19.1. The number of nitrogens with one attached hydrogen (secondary N) is 1. The van der Waals surface area contributed by atoms with E-state index < -0.39 is 5.41 Å². The molecule has 0 atom stereocenters. The number of aryl methyl sites for hydroxylation is 1. The van der Waals surface area contributed by atoms with Crippen LogP contribution in [0.5, 0.6) is 0 Å². The van der Waals surface area contributed by atoms with Crippen LogP contribution in [0.25, 0.3) is 0 Å². The summed E-state index contributed by atoms with van der Waals surface area (Å²) in [6, 6.07) is 6.43. The summed E-state index contributed by atoms with van der Waals surface area (Å²) in [5, 5.41) is 0. The van der Waals surface area contributed by atoms with Crippen molar-refractivity contribution in [3.63, 3.8) is 0 Å². The first-order valence-electron chi connectivity index (χ1n) is 7.00. The molecule has 1 heterocycles. The fourth-order valence-corrected chi connectivity index (χ4v) is 2.32. The van der Waals surface area contributed by atoms with Crippen molar-refractivity contribution in [2.75, 3.05) is 5.43 Å². The summed E-state index contributed by atoms with van der Waals surface area (Å²) in [5.74, 6) is 6.61. The normalized spacial score (nSPS) is 11.5. The molecule has 0 amide bonds. The Morgan fingerprint density at radius 1 is 1.19 bits per heavy atom. The lowest BCUT2D eigenvalue weighted by molar-refractivity contribution is 0.579. The summed E-state index contributed by atoms with van der Waals surface area (Å²) >= 11 is 0. The smallest absolute Gasteiger partial charge is 0.146 e. The summed E-state index contributed by atoms with van der Waals surface area (Å²) in [4.78, 5) is 9.20. The molecule has 0 aliphatic heterocycles. The Hall–Kier alpha value is -2.01. The zero-order chi connectivity index (χ0) is 15.6. The SMILES string of the molecule is CCc1nc(C(C)(C)c2ccc(F)cc2)nc(NN)c1C. The number of rotatable bonds is 4. The second-order valence-electron chi connectivity index (χ2n) is 5.60. The molecule has 2 aromatic rings. The summed E-state index contributed by atoms with van der Waals surface area (Å²) in [5.41, 5.74) is 5.07. The van der Waals surface area contributed by atoms with Gasteiger partial charge in [-0.05, 0) is 44.9 Å². The number of anilines is 1. The highest BCUT2D eigenvalue weighted by Crippen LogP contribution is 2.31. The minimum atomic E-state index is -0.434. The minimum Gasteiger partial charge on any atom is -0.308 e. The number of hydrogen-bond donors (Lipinski definition) is 2. The van der Waals surface area contributed by atoms with Gasteiger partial charge >= 0.3 is 0 Å². The molecule has 112 valence electrons. The maximum absolute atomic E-state index is 13.1. The molecule has 0 fully saturated rings. The standard InChI is InChI=1S/C16H21FN4/c1-5-13-10(2)14(21-18)20-15(19-13)16(3,4)11-6-8-12(17)9-7-11/h6-9H,5,18H2,1-4H3,(H,19,20,21). The number of nitrogen functional groups attached to an aromatic ring is 1. The van der Waals surface area contributed by atoms with E-state index in [-0.39, 0.29) is 5.82 Å². The Morgan fingerprint density at radius 2 is 1.81 bits per heavy atom. The van der Waals surface area contributed by atoms with E-state index in [0.29, 0.717) is 11.6 Å². The second-order valence-corrected chi connectivity index (χ2v) is 5.60. The zero-order valence-corrected chi connectivity index (χ0v) is 12.9. The molecule has 3 N–H and O–H groups in total. The van der Waals surface area contributed by atoms with Crippen LogP contribution >= 0.6 is 0 Å². The van der Waals surface area contributed by atoms with Crippen LogP contribution < -0.4 is 11.3 Å². The van der Waals surface area contributed by atoms with Gasteiger partial charge in [0.05, 0.1) is 0 Å². The van der Waals surface area contributed by atoms with Crippen molar-refractivity contribution in [1.82, 2.24) is 9.97 Å². The molecule has 21 heavy (non-hydrogen) atoms. The lowest BCUT2D eigenvalue weighted by Gasteiger charge is -2.25. The molecule has 1 aromatic carbocycles. The molecular weight excluding hydrogens is 267 g/mol. The lowest BCUT2D eigenvalue weighted by Crippen LogP contribution is -2.25. The summed E-state index contributed by atoms with van der Waals surface area (Å²) in [6.45, 7) is 8.03. The zero-order valence-electron chi connectivity index (χ0n) is 12.9. The van der Waals surface area contributed by atoms with E-state index in [9.17, 15) is 4.39 Å². The van der Waals surface area contributed by atoms with Crippen LogP contribution in [0.1, 0.15) is 43.4 Å². The Morgan fingerprint density at radius 3 is 2.33 bits per heavy atom. The van der Waals surface area contributed by atoms with E-state index in [4.69, 9.17) is 5.84 Å². The first-order chi connectivity index (χ1) is 9.90. The Kier molecular flexibility index (Phi) is 4.23. The van der Waals surface area contributed by atoms with Gasteiger partial charge in [-0.3, -0.25) is 0 Å². The average Bonchev–Trinajstić information content (AvgIpc) is 2.47. The molecule has 4 nitrogen and oxygen atoms in total. The fourth-order valence-electron chi connectivity index (χ4n) is 2.32. The number of benzene rings is 1. The quantitative estimate of drug-likeness (QED) is 0.670. The largest absolute Gasteiger partial charge is 0.308 e. The van der Waals surface area contributed by atoms with Crippen molar-refractivity contribution >= 4 is 5.82 Å². The van der Waals surface area contributed by atoms with E-state index in [1.54, 1.807) is 12.1 Å². The van der Waals surface area contributed by atoms with Crippen LogP contribution in [0.3, 0.4) is 0 Å². The van der Waals surface area contributed by atoms with Gasteiger partial charge in [-0.15, -0.1) is 0 Å². The van der Waals surface area contributed by atoms with Gasteiger partial charge in [0, 0.05) is 16.7 Å². The van der Waals surface area contributed by atoms with E-state index >= 15 is 0 Å². The summed E-state index contributed by atoms with van der Waals surface area (Å²) in [6.07, 6.45) is 0.801. The number of nitrogens with two attached hydrogens (primary N) is 1. The first kappa shape index (κ1) is 15.4. The van der Waals surface area contributed by atoms with Crippen LogP contribution in [0.4, 0.5) is 10.2 Å². The van der Waals surface area contributed by atoms with Crippen LogP contribution in [0.15, 0.2) is 24.3 Å². The highest BCUT2D eigenvalue weighted by molar-refractivity contribution is 5.46. The van der Waals surface area contributed by atoms with Gasteiger partial charge in [0.25, 0.3) is 0 Å². The van der Waals surface area contributed by atoms with Gasteiger partial charge in [0.1, 0.15) is 17.5 Å². The number of hydrogen-bond acceptors (Lipinski definition) is 4. The molecule has 0 radical (unpaired) electrons. The fraction of sp³-hybridized carbons (Fsp3) is 0.375. The highest BCUT2D eigenvalue weighted by Gasteiger charge is 2.28.